The quantitative estimate of drug-likeness (QED) is 0.154. The summed E-state index contributed by atoms with van der Waals surface area (Å²) in [5, 5.41) is 25.0. The summed E-state index contributed by atoms with van der Waals surface area (Å²) in [7, 11) is 0. The summed E-state index contributed by atoms with van der Waals surface area (Å²) in [5.41, 5.74) is 13.4. The minimum atomic E-state index is -1.30. The van der Waals surface area contributed by atoms with Crippen LogP contribution in [-0.2, 0) is 32.3 Å². The van der Waals surface area contributed by atoms with E-state index >= 15 is 19.2 Å². The first-order valence-electron chi connectivity index (χ1n) is 36.3. The molecule has 4 aromatic heterocycles. The standard InChI is InChI=1S/C92H104N4O8.2Na/c1-85(2,3)59-41-55(42-60(79(59)97)86(4,5)6)75-67-33-34-68(93-67)76(56-43-61(87(7,8)9)80(98)62(44-56)88(10,11)12)73-39-40-74(96(73)50-52-27-31-54(32-28-52)84(103)104)78(58-47-65(91(19,20)21)82(100)66(48-58)92(22,23)24)70-36-35-69(94-70)77(57-45-63(89(13,14)15)81(99)64(46-57)90(16,17)18)72-38-37-71(75)95(72)49-51-25-29-53(30-26-51)83(101)102;;/h25-48,93-94H,49-50H2,1-24H3,(H,101,102)(H,103,104);;/q;2*+1/p-2. The molecule has 11 rings (SSSR count). The van der Waals surface area contributed by atoms with Crippen LogP contribution in [0.2, 0.25) is 0 Å². The van der Waals surface area contributed by atoms with E-state index in [1.165, 1.54) is 0 Å². The molecule has 0 saturated carbocycles. The Kier molecular flexibility index (Phi) is 22.4. The Morgan fingerprint density at radius 1 is 0.283 bits per heavy atom. The molecular formula is C92H102N4Na2O8. The number of carbonyl (C=O) groups excluding carboxylic acids is 6. The first-order valence-corrected chi connectivity index (χ1v) is 36.3. The third-order valence-electron chi connectivity index (χ3n) is 20.5. The molecule has 0 spiro atoms. The van der Waals surface area contributed by atoms with E-state index in [0.717, 1.165) is 78.5 Å². The number of ketones is 4. The summed E-state index contributed by atoms with van der Waals surface area (Å²) in [6.07, 6.45) is 16.3. The Hall–Kier alpha value is -7.94. The van der Waals surface area contributed by atoms with Gasteiger partial charge in [-0.1, -0.05) is 215 Å². The Labute approximate surface area is 671 Å². The summed E-state index contributed by atoms with van der Waals surface area (Å²) < 4.78 is 4.52. The Morgan fingerprint density at radius 2 is 0.453 bits per heavy atom. The second-order valence-electron chi connectivity index (χ2n) is 37.0. The number of aromatic carboxylic acids is 2. The molecule has 5 heterocycles. The van der Waals surface area contributed by atoms with Crippen LogP contribution < -0.4 is 69.3 Å². The van der Waals surface area contributed by atoms with E-state index in [0.29, 0.717) is 67.4 Å². The van der Waals surface area contributed by atoms with E-state index in [1.54, 1.807) is 24.3 Å². The number of hydrogen-bond acceptors (Lipinski definition) is 8. The average Bonchev–Trinajstić information content (AvgIpc) is 1.54. The van der Waals surface area contributed by atoms with E-state index in [-0.39, 0.29) is 106 Å². The van der Waals surface area contributed by atoms with Crippen LogP contribution in [-0.4, -0.2) is 54.2 Å². The van der Waals surface area contributed by atoms with Gasteiger partial charge in [-0.2, -0.15) is 0 Å². The van der Waals surface area contributed by atoms with Gasteiger partial charge in [0.2, 0.25) is 0 Å². The fraction of sp³-hybridized carbons (Fsp3) is 0.370. The Morgan fingerprint density at radius 3 is 0.604 bits per heavy atom. The van der Waals surface area contributed by atoms with Crippen molar-refractivity contribution in [1.29, 1.82) is 0 Å². The number of Topliss-reactive ketones (excluding diaryl/α,β-unsaturated/α-hetero) is 4. The van der Waals surface area contributed by atoms with E-state index in [1.807, 2.05) is 72.9 Å². The summed E-state index contributed by atoms with van der Waals surface area (Å²) >= 11 is 0. The average molecular weight is 1440 g/mol. The van der Waals surface area contributed by atoms with Gasteiger partial charge in [-0.25, -0.2) is 0 Å². The molecule has 0 saturated heterocycles. The van der Waals surface area contributed by atoms with Crippen molar-refractivity contribution >= 4 is 57.4 Å². The van der Waals surface area contributed by atoms with Crippen LogP contribution in [0.15, 0.2) is 213 Å². The van der Waals surface area contributed by atoms with Crippen LogP contribution in [0.4, 0.5) is 0 Å². The zero-order valence-corrected chi connectivity index (χ0v) is 71.4. The molecule has 4 aliphatic carbocycles. The molecule has 0 unspecified atom stereocenters. The molecule has 0 atom stereocenters. The number of benzene rings is 2. The fourth-order valence-corrected chi connectivity index (χ4v) is 14.7. The number of nitrogens with one attached hydrogen (secondary N) is 2. The van der Waals surface area contributed by atoms with E-state index in [9.17, 15) is 19.8 Å². The van der Waals surface area contributed by atoms with Crippen molar-refractivity contribution in [3.8, 4) is 0 Å². The normalized spacial score (nSPS) is 16.8. The van der Waals surface area contributed by atoms with Crippen molar-refractivity contribution in [3.05, 3.63) is 280 Å². The number of aromatic amines is 2. The zero-order chi connectivity index (χ0) is 76.6. The van der Waals surface area contributed by atoms with Crippen molar-refractivity contribution in [2.24, 2.45) is 43.3 Å². The van der Waals surface area contributed by atoms with Crippen molar-refractivity contribution in [3.63, 3.8) is 0 Å². The first kappa shape index (κ1) is 82.1. The maximum absolute atomic E-state index is 15.2. The van der Waals surface area contributed by atoms with Gasteiger partial charge in [0.1, 0.15) is 0 Å². The molecule has 2 aromatic carbocycles. The molecular weight excluding hydrogens is 1340 g/mol. The van der Waals surface area contributed by atoms with Crippen LogP contribution in [0.5, 0.6) is 0 Å². The molecule has 14 heteroatoms. The van der Waals surface area contributed by atoms with Gasteiger partial charge in [0.15, 0.2) is 23.1 Å². The second-order valence-corrected chi connectivity index (χ2v) is 37.0. The van der Waals surface area contributed by atoms with Gasteiger partial charge in [0.05, 0.1) is 34.7 Å². The number of nitrogens with zero attached hydrogens (tertiary/aromatic N) is 2. The minimum absolute atomic E-state index is 0. The number of carbonyl (C=O) groups is 6. The second kappa shape index (κ2) is 28.9. The van der Waals surface area contributed by atoms with E-state index in [4.69, 9.17) is 0 Å². The number of H-pyrrole nitrogens is 2. The van der Waals surface area contributed by atoms with Gasteiger partial charge in [-0.3, -0.25) is 19.2 Å². The molecule has 12 nitrogen and oxygen atoms in total. The van der Waals surface area contributed by atoms with Crippen LogP contribution in [0.1, 0.15) is 244 Å². The molecule has 2 N–H and O–H groups in total. The summed E-state index contributed by atoms with van der Waals surface area (Å²) in [4.78, 5) is 94.0. The van der Waals surface area contributed by atoms with Crippen molar-refractivity contribution in [1.82, 2.24) is 19.1 Å². The summed E-state index contributed by atoms with van der Waals surface area (Å²) in [6, 6.07) is 30.3. The third-order valence-corrected chi connectivity index (χ3v) is 20.5. The number of aromatic nitrogens is 4. The van der Waals surface area contributed by atoms with Gasteiger partial charge in [-0.05, 0) is 185 Å². The van der Waals surface area contributed by atoms with Crippen LogP contribution in [0.25, 0.3) is 22.3 Å². The van der Waals surface area contributed by atoms with Crippen molar-refractivity contribution in [2.45, 2.75) is 179 Å². The van der Waals surface area contributed by atoms with Crippen molar-refractivity contribution < 1.29 is 98.1 Å². The van der Waals surface area contributed by atoms with Crippen molar-refractivity contribution in [2.75, 3.05) is 0 Å². The molecule has 8 bridgehead atoms. The fourth-order valence-electron chi connectivity index (χ4n) is 14.7. The number of allylic oxidation sites excluding steroid dienone is 20. The minimum Gasteiger partial charge on any atom is -0.545 e. The zero-order valence-electron chi connectivity index (χ0n) is 67.4. The number of hydrogen-bond donors (Lipinski definition) is 2. The van der Waals surface area contributed by atoms with Gasteiger partial charge in [0.25, 0.3) is 0 Å². The number of carboxylic acids is 2. The van der Waals surface area contributed by atoms with Crippen LogP contribution in [0, 0.1) is 43.3 Å². The molecule has 5 aliphatic rings. The van der Waals surface area contributed by atoms with Gasteiger partial charge < -0.3 is 38.9 Å². The maximum Gasteiger partial charge on any atom is 1.00 e. The number of carboxylic acid groups (broad SMARTS) is 2. The predicted octanol–water partition coefficient (Wildman–Crippen LogP) is 12.4. The van der Waals surface area contributed by atoms with E-state index in [2.05, 4.69) is 234 Å². The van der Waals surface area contributed by atoms with Gasteiger partial charge >= 0.3 is 59.1 Å². The SMILES string of the molecule is CC(C)(C)C1=CC(=C2c3ccc([nH]3)C(=C3C=C(C(C)(C)C)C(=O)C(C(C)(C)C)=C3)c3ccc(n3Cc3ccc(C(=O)[O-])cc3)C(=C3C=C(C(C)(C)C)C(=O)C(C(C)(C)C)=C3)c3ccc([nH]3)C(=C3C=C(C(C)(C)C)C(=O)C(C(C)(C)C)=C3)c3ccc2n3Cc2ccc(C(=O)[O-])cc2)C=C(C(C)(C)C)C1=O.[Na+].[Na+]. The van der Waals surface area contributed by atoms with Gasteiger partial charge in [-0.15, -0.1) is 0 Å². The molecule has 0 radical (unpaired) electrons. The Bertz CT molecular complexity index is 4380. The monoisotopic (exact) mass is 1440 g/mol. The predicted molar refractivity (Wildman–Crippen MR) is 415 cm³/mol. The largest absolute Gasteiger partial charge is 1.00 e. The molecule has 6 aromatic rings. The summed E-state index contributed by atoms with van der Waals surface area (Å²) in [6.45, 7) is 49.9. The maximum atomic E-state index is 15.2. The molecule has 540 valence electrons. The van der Waals surface area contributed by atoms with Gasteiger partial charge in [0, 0.05) is 103 Å². The smallest absolute Gasteiger partial charge is 0.545 e. The molecule has 0 amide bonds. The first-order chi connectivity index (χ1) is 47.9. The summed E-state index contributed by atoms with van der Waals surface area (Å²) in [5.74, 6) is -2.77. The molecule has 106 heavy (non-hydrogen) atoms. The third kappa shape index (κ3) is 16.1. The molecule has 0 fully saturated rings. The Balaban J connectivity index is 0.00000650. The van der Waals surface area contributed by atoms with E-state index < -0.39 is 55.3 Å². The number of rotatable bonds is 6. The topological polar surface area (TPSA) is 190 Å². The van der Waals surface area contributed by atoms with Crippen LogP contribution in [0.3, 0.4) is 0 Å². The number of fused-ring (bicyclic) bond motifs is 8. The molecule has 1 aliphatic heterocycles. The van der Waals surface area contributed by atoms with Crippen LogP contribution >= 0.6 is 0 Å².